The highest BCUT2D eigenvalue weighted by Gasteiger charge is 0.0000452. The van der Waals surface area contributed by atoms with Crippen LogP contribution in [0.3, 0.4) is 0 Å². The Morgan fingerprint density at radius 2 is 0.600 bits per heavy atom. The molecule has 0 rings (SSSR count). The van der Waals surface area contributed by atoms with Gasteiger partial charge in [0.15, 0.2) is 0 Å². The average Bonchev–Trinajstić information content (AvgIpc) is 0. The predicted octanol–water partition coefficient (Wildman–Crippen LogP) is 1.64. The van der Waals surface area contributed by atoms with E-state index in [0.29, 0.717) is 0 Å². The molecule has 0 bridgehead atoms. The van der Waals surface area contributed by atoms with Gasteiger partial charge < -0.3 is 0 Å². The van der Waals surface area contributed by atoms with E-state index in [0.717, 1.165) is 0 Å². The molecule has 0 aromatic carbocycles. The van der Waals surface area contributed by atoms with E-state index in [4.69, 9.17) is 0 Å². The zero-order valence-electron chi connectivity index (χ0n) is 1.08. The zero-order chi connectivity index (χ0) is 0. The van der Waals surface area contributed by atoms with Gasteiger partial charge in [0.2, 0.25) is 0 Å². The molecule has 35 valence electrons. The zero-order valence-corrected chi connectivity index (χ0v) is 2.08. The van der Waals surface area contributed by atoms with Crippen LogP contribution in [-0.4, -0.2) is 8.41 Å². The van der Waals surface area contributed by atoms with Crippen molar-refractivity contribution >= 4 is 21.9 Å². The maximum atomic E-state index is 0. The van der Waals surface area contributed by atoms with Crippen LogP contribution in [-0.2, 0) is 0 Å². The second kappa shape index (κ2) is 299. The van der Waals surface area contributed by atoms with Crippen molar-refractivity contribution in [1.82, 2.24) is 0 Å². The van der Waals surface area contributed by atoms with Crippen molar-refractivity contribution in [3.63, 3.8) is 0 Å². The first-order valence-corrected chi connectivity index (χ1v) is 0. The molecular weight excluding hydrogens is 78.9 g/mol. The van der Waals surface area contributed by atoms with E-state index in [1.165, 1.54) is 0 Å². The fourth-order valence-electron chi connectivity index (χ4n) is 0. The smallest absolute Gasteiger partial charge is 0 e. The van der Waals surface area contributed by atoms with Crippen LogP contribution in [0, 0.1) is 0 Å². The third-order valence-corrected chi connectivity index (χ3v) is 0. The first-order chi connectivity index (χ1) is 0. The molecular formula is C3H14BS. The highest BCUT2D eigenvalue weighted by Crippen LogP contribution is 0.648. The van der Waals surface area contributed by atoms with E-state index >= 15 is 0 Å². The van der Waals surface area contributed by atoms with Crippen molar-refractivity contribution in [3.8, 4) is 0 Å². The summed E-state index contributed by atoms with van der Waals surface area (Å²) in [5.74, 6) is 0. The van der Waals surface area contributed by atoms with Crippen LogP contribution < -0.4 is 0 Å². The minimum Gasteiger partial charge on any atom is -0.197 e. The van der Waals surface area contributed by atoms with Crippen molar-refractivity contribution in [3.05, 3.63) is 0 Å². The second-order valence-electron chi connectivity index (χ2n) is 0. The van der Waals surface area contributed by atoms with Crippen molar-refractivity contribution in [2.75, 3.05) is 0 Å². The van der Waals surface area contributed by atoms with E-state index in [2.05, 4.69) is 0 Å². The van der Waals surface area contributed by atoms with Gasteiger partial charge in [-0.1, -0.05) is 22.3 Å². The summed E-state index contributed by atoms with van der Waals surface area (Å²) in [6.07, 6.45) is 0. The Bertz CT molecular complexity index is 6.85. The Kier molecular flexibility index (Phi) is 36700. The molecule has 0 aromatic heterocycles. The SMILES string of the molecule is C.C.C.S.[B]. The van der Waals surface area contributed by atoms with Gasteiger partial charge in [0, 0.05) is 8.41 Å². The summed E-state index contributed by atoms with van der Waals surface area (Å²) in [5, 5.41) is 0. The van der Waals surface area contributed by atoms with Crippen molar-refractivity contribution in [1.29, 1.82) is 0 Å². The monoisotopic (exact) mass is 93.1 g/mol. The summed E-state index contributed by atoms with van der Waals surface area (Å²) < 4.78 is 0. The van der Waals surface area contributed by atoms with Gasteiger partial charge in [-0.05, 0) is 0 Å². The lowest BCUT2D eigenvalue weighted by Crippen LogP contribution is -0.381. The van der Waals surface area contributed by atoms with Gasteiger partial charge in [-0.3, -0.25) is 0 Å². The first-order valence-electron chi connectivity index (χ1n) is 0. The van der Waals surface area contributed by atoms with Gasteiger partial charge in [-0.15, -0.1) is 0 Å². The number of hydrogen-bond donors (Lipinski definition) is 0. The Hall–Kier alpha value is 0.415. The maximum absolute atomic E-state index is 0. The molecule has 0 amide bonds. The molecule has 5 heavy (non-hydrogen) atoms. The van der Waals surface area contributed by atoms with Crippen LogP contribution in [0.1, 0.15) is 22.3 Å². The normalized spacial score (nSPS) is 0. The topological polar surface area (TPSA) is 0 Å². The largest absolute Gasteiger partial charge is 0.197 e. The molecule has 0 spiro atoms. The number of hydrogen-bond acceptors (Lipinski definition) is 0. The Labute approximate surface area is 45.0 Å². The standard InChI is InChI=1S/3CH4.B.H2S/h3*1H4;;1H2. The van der Waals surface area contributed by atoms with E-state index in [9.17, 15) is 0 Å². The fraction of sp³-hybridized carbons (Fsp3) is 1.00. The molecule has 0 unspecified atom stereocenters. The van der Waals surface area contributed by atoms with E-state index in [1.54, 1.807) is 0 Å². The number of rotatable bonds is 0. The van der Waals surface area contributed by atoms with Crippen LogP contribution in [0.25, 0.3) is 0 Å². The minimum atomic E-state index is 0. The summed E-state index contributed by atoms with van der Waals surface area (Å²) in [5.41, 5.74) is 0. The molecule has 0 nitrogen and oxygen atoms in total. The van der Waals surface area contributed by atoms with Crippen LogP contribution in [0.5, 0.6) is 0 Å². The van der Waals surface area contributed by atoms with Crippen LogP contribution >= 0.6 is 13.5 Å². The summed E-state index contributed by atoms with van der Waals surface area (Å²) >= 11 is 0. The Balaban J connectivity index is 0. The minimum absolute atomic E-state index is 0. The summed E-state index contributed by atoms with van der Waals surface area (Å²) in [6, 6.07) is 0. The van der Waals surface area contributed by atoms with E-state index < -0.39 is 0 Å². The van der Waals surface area contributed by atoms with E-state index in [1.807, 2.05) is 0 Å². The highest BCUT2D eigenvalue weighted by molar-refractivity contribution is 7.59. The molecule has 0 aliphatic rings. The molecule has 0 aromatic rings. The summed E-state index contributed by atoms with van der Waals surface area (Å²) in [4.78, 5) is 0. The quantitative estimate of drug-likeness (QED) is 0.399. The predicted molar refractivity (Wildman–Crippen MR) is 36.3 cm³/mol. The Morgan fingerprint density at radius 3 is 0.600 bits per heavy atom. The van der Waals surface area contributed by atoms with Crippen molar-refractivity contribution in [2.24, 2.45) is 0 Å². The molecule has 0 saturated carbocycles. The lowest BCUT2D eigenvalue weighted by molar-refractivity contribution is 2.50. The molecule has 0 fully saturated rings. The third-order valence-electron chi connectivity index (χ3n) is 0. The lowest BCUT2D eigenvalue weighted by Gasteiger charge is -0.197. The molecule has 0 saturated heterocycles. The van der Waals surface area contributed by atoms with Gasteiger partial charge in [0.05, 0.1) is 0 Å². The molecule has 2 heteroatoms. The van der Waals surface area contributed by atoms with Gasteiger partial charge in [0.1, 0.15) is 0 Å². The molecule has 0 heterocycles. The molecule has 0 N–H and O–H groups in total. The van der Waals surface area contributed by atoms with Crippen molar-refractivity contribution in [2.45, 2.75) is 22.3 Å². The van der Waals surface area contributed by atoms with Crippen molar-refractivity contribution < 1.29 is 0 Å². The molecule has 0 aliphatic heterocycles. The van der Waals surface area contributed by atoms with Gasteiger partial charge in [-0.2, -0.15) is 13.5 Å². The first kappa shape index (κ1) is 613. The maximum Gasteiger partial charge on any atom is 0 e. The third kappa shape index (κ3) is 150. The van der Waals surface area contributed by atoms with E-state index in [-0.39, 0.29) is 44.2 Å². The molecule has 0 aliphatic carbocycles. The molecule has 0 atom stereocenters. The van der Waals surface area contributed by atoms with Gasteiger partial charge in [0.25, 0.3) is 0 Å². The van der Waals surface area contributed by atoms with Gasteiger partial charge in [-0.25, -0.2) is 0 Å². The summed E-state index contributed by atoms with van der Waals surface area (Å²) in [6.45, 7) is 0. The Morgan fingerprint density at radius 1 is 0.600 bits per heavy atom. The summed E-state index contributed by atoms with van der Waals surface area (Å²) in [7, 11) is 0. The fourth-order valence-corrected chi connectivity index (χ4v) is 0. The van der Waals surface area contributed by atoms with Crippen LogP contribution in [0.4, 0.5) is 0 Å². The van der Waals surface area contributed by atoms with Crippen LogP contribution in [0.15, 0.2) is 0 Å². The van der Waals surface area contributed by atoms with Crippen LogP contribution in [0.2, 0.25) is 0 Å². The average molecular weight is 93.0 g/mol. The molecule has 3 radical (unpaired) electrons. The van der Waals surface area contributed by atoms with Gasteiger partial charge >= 0.3 is 0 Å². The second-order valence-corrected chi connectivity index (χ2v) is 0. The highest BCUT2D eigenvalue weighted by atomic mass is 32.1. The lowest BCUT2D eigenvalue weighted by atomic mass is 10.8.